The van der Waals surface area contributed by atoms with E-state index in [1.807, 2.05) is 0 Å². The highest BCUT2D eigenvalue weighted by Crippen LogP contribution is 2.25. The van der Waals surface area contributed by atoms with E-state index in [0.29, 0.717) is 18.9 Å². The number of amides is 1. The summed E-state index contributed by atoms with van der Waals surface area (Å²) in [6.07, 6.45) is 4.20. The quantitative estimate of drug-likeness (QED) is 0.371. The minimum Gasteiger partial charge on any atom is -0.376 e. The molecule has 11 heteroatoms. The molecule has 2 aromatic carbocycles. The van der Waals surface area contributed by atoms with Crippen LogP contribution >= 0.6 is 0 Å². The Morgan fingerprint density at radius 1 is 0.974 bits per heavy atom. The molecule has 2 fully saturated rings. The maximum Gasteiger partial charge on any atom is 0.257 e. The number of halogens is 2. The molecule has 2 atom stereocenters. The molecule has 8 nitrogen and oxygen atoms in total. The van der Waals surface area contributed by atoms with Crippen LogP contribution in [0.25, 0.3) is 0 Å². The monoisotopic (exact) mass is 559 g/mol. The predicted octanol–water partition coefficient (Wildman–Crippen LogP) is 4.14. The number of rotatable bonds is 10. The van der Waals surface area contributed by atoms with E-state index in [1.54, 1.807) is 16.7 Å². The number of hydrogen-bond donors (Lipinski definition) is 0. The molecule has 0 N–H and O–H groups in total. The second-order valence-corrected chi connectivity index (χ2v) is 11.8. The van der Waals surface area contributed by atoms with Gasteiger partial charge in [0.05, 0.1) is 48.5 Å². The summed E-state index contributed by atoms with van der Waals surface area (Å²) in [5, 5.41) is -0.216. The van der Waals surface area contributed by atoms with Crippen molar-refractivity contribution in [2.75, 3.05) is 19.8 Å². The molecular formula is C28H31F2N3O5S. The lowest BCUT2D eigenvalue weighted by Gasteiger charge is -2.27. The number of carbonyl (C=O) groups is 1. The standard InChI is InChI=1S/C28H31F2N3O5S/c29-25-11-3-1-7-20(25)19-39(35,36)28-31-15-21(33(28)18-23-9-6-14-38-23)16-32(17-22-8-5-13-37-22)27(34)24-10-2-4-12-26(24)30/h1-4,7,10-12,15,22-23H,5-6,8-9,13-14,16-19H2/t22-,23-/m1/s1. The summed E-state index contributed by atoms with van der Waals surface area (Å²) in [7, 11) is -4.06. The normalized spacial score (nSPS) is 19.4. The maximum absolute atomic E-state index is 14.6. The van der Waals surface area contributed by atoms with Crippen molar-refractivity contribution >= 4 is 15.7 Å². The zero-order chi connectivity index (χ0) is 27.4. The molecule has 3 heterocycles. The van der Waals surface area contributed by atoms with Crippen LogP contribution in [0.3, 0.4) is 0 Å². The molecule has 1 aromatic heterocycles. The first-order valence-electron chi connectivity index (χ1n) is 13.1. The fourth-order valence-electron chi connectivity index (χ4n) is 5.09. The zero-order valence-electron chi connectivity index (χ0n) is 21.5. The van der Waals surface area contributed by atoms with Crippen molar-refractivity contribution in [3.8, 4) is 0 Å². The van der Waals surface area contributed by atoms with Gasteiger partial charge < -0.3 is 18.9 Å². The van der Waals surface area contributed by atoms with Crippen LogP contribution in [-0.2, 0) is 38.2 Å². The first-order chi connectivity index (χ1) is 18.8. The third-order valence-electron chi connectivity index (χ3n) is 7.09. The predicted molar refractivity (Wildman–Crippen MR) is 139 cm³/mol. The van der Waals surface area contributed by atoms with Crippen molar-refractivity contribution in [2.45, 2.75) is 61.9 Å². The van der Waals surface area contributed by atoms with Crippen molar-refractivity contribution in [3.05, 3.63) is 83.2 Å². The van der Waals surface area contributed by atoms with Crippen molar-refractivity contribution in [2.24, 2.45) is 0 Å². The van der Waals surface area contributed by atoms with Crippen molar-refractivity contribution in [1.29, 1.82) is 0 Å². The van der Waals surface area contributed by atoms with Crippen LogP contribution in [0.2, 0.25) is 0 Å². The van der Waals surface area contributed by atoms with Gasteiger partial charge in [-0.05, 0) is 43.9 Å². The molecule has 0 spiro atoms. The number of aromatic nitrogens is 2. The first-order valence-corrected chi connectivity index (χ1v) is 14.7. The molecule has 2 aliphatic rings. The molecule has 0 radical (unpaired) electrons. The van der Waals surface area contributed by atoms with E-state index in [4.69, 9.17) is 9.47 Å². The van der Waals surface area contributed by atoms with Gasteiger partial charge in [-0.15, -0.1) is 0 Å². The molecule has 0 saturated carbocycles. The van der Waals surface area contributed by atoms with Crippen LogP contribution in [0.4, 0.5) is 8.78 Å². The fraction of sp³-hybridized carbons (Fsp3) is 0.429. The number of imidazole rings is 1. The molecule has 0 unspecified atom stereocenters. The molecule has 3 aromatic rings. The minimum absolute atomic E-state index is 0.0119. The van der Waals surface area contributed by atoms with Crippen molar-refractivity contribution in [1.82, 2.24) is 14.5 Å². The Kier molecular flexibility index (Phi) is 8.39. The third kappa shape index (κ3) is 6.37. The minimum atomic E-state index is -4.06. The number of sulfone groups is 1. The summed E-state index contributed by atoms with van der Waals surface area (Å²) < 4.78 is 68.9. The number of benzene rings is 2. The van der Waals surface area contributed by atoms with Gasteiger partial charge in [-0.1, -0.05) is 30.3 Å². The number of carbonyl (C=O) groups excluding carboxylic acids is 1. The zero-order valence-corrected chi connectivity index (χ0v) is 22.3. The van der Waals surface area contributed by atoms with Crippen LogP contribution in [0.5, 0.6) is 0 Å². The number of ether oxygens (including phenoxy) is 2. The van der Waals surface area contributed by atoms with Crippen LogP contribution < -0.4 is 0 Å². The molecule has 5 rings (SSSR count). The van der Waals surface area contributed by atoms with E-state index < -0.39 is 33.1 Å². The highest BCUT2D eigenvalue weighted by atomic mass is 32.2. The second-order valence-electron chi connectivity index (χ2n) is 9.93. The van der Waals surface area contributed by atoms with Gasteiger partial charge in [-0.2, -0.15) is 0 Å². The van der Waals surface area contributed by atoms with Gasteiger partial charge in [-0.3, -0.25) is 4.79 Å². The molecule has 39 heavy (non-hydrogen) atoms. The Hall–Kier alpha value is -3.15. The lowest BCUT2D eigenvalue weighted by atomic mass is 10.1. The Morgan fingerprint density at radius 2 is 1.64 bits per heavy atom. The van der Waals surface area contributed by atoms with Crippen molar-refractivity contribution < 1.29 is 31.5 Å². The highest BCUT2D eigenvalue weighted by molar-refractivity contribution is 7.90. The van der Waals surface area contributed by atoms with E-state index in [0.717, 1.165) is 25.7 Å². The molecular weight excluding hydrogens is 528 g/mol. The molecule has 0 bridgehead atoms. The van der Waals surface area contributed by atoms with Gasteiger partial charge in [0.1, 0.15) is 11.6 Å². The summed E-state index contributed by atoms with van der Waals surface area (Å²) in [4.78, 5) is 19.2. The van der Waals surface area contributed by atoms with E-state index in [-0.39, 0.29) is 48.1 Å². The smallest absolute Gasteiger partial charge is 0.257 e. The Balaban J connectivity index is 1.49. The highest BCUT2D eigenvalue weighted by Gasteiger charge is 2.31. The van der Waals surface area contributed by atoms with Gasteiger partial charge in [0.15, 0.2) is 0 Å². The van der Waals surface area contributed by atoms with Gasteiger partial charge in [0, 0.05) is 25.3 Å². The molecule has 208 valence electrons. The van der Waals surface area contributed by atoms with Gasteiger partial charge in [-0.25, -0.2) is 22.2 Å². The van der Waals surface area contributed by atoms with E-state index in [2.05, 4.69) is 4.98 Å². The average molecular weight is 560 g/mol. The Bertz CT molecular complexity index is 1420. The van der Waals surface area contributed by atoms with Crippen LogP contribution in [0.1, 0.15) is 47.3 Å². The first kappa shape index (κ1) is 27.4. The fourth-order valence-corrected chi connectivity index (χ4v) is 6.61. The topological polar surface area (TPSA) is 90.7 Å². The maximum atomic E-state index is 14.6. The van der Waals surface area contributed by atoms with Gasteiger partial charge in [0.2, 0.25) is 15.0 Å². The summed E-state index contributed by atoms with van der Waals surface area (Å²) in [5.74, 6) is -2.34. The summed E-state index contributed by atoms with van der Waals surface area (Å²) in [5.41, 5.74) is 0.425. The molecule has 0 aliphatic carbocycles. The van der Waals surface area contributed by atoms with E-state index >= 15 is 0 Å². The van der Waals surface area contributed by atoms with Crippen LogP contribution in [-0.4, -0.2) is 60.7 Å². The summed E-state index contributed by atoms with van der Waals surface area (Å²) in [6.45, 7) is 1.57. The number of hydrogen-bond acceptors (Lipinski definition) is 6. The average Bonchev–Trinajstić information content (AvgIpc) is 3.69. The van der Waals surface area contributed by atoms with E-state index in [1.165, 1.54) is 47.5 Å². The summed E-state index contributed by atoms with van der Waals surface area (Å²) in [6, 6.07) is 11.5. The third-order valence-corrected chi connectivity index (χ3v) is 8.66. The number of nitrogens with zero attached hydrogens (tertiary/aromatic N) is 3. The second kappa shape index (κ2) is 11.9. The Labute approximate surface area is 226 Å². The molecule has 1 amide bonds. The lowest BCUT2D eigenvalue weighted by Crippen LogP contribution is -2.38. The lowest BCUT2D eigenvalue weighted by molar-refractivity contribution is 0.0493. The van der Waals surface area contributed by atoms with Crippen LogP contribution in [0.15, 0.2) is 59.9 Å². The van der Waals surface area contributed by atoms with Crippen molar-refractivity contribution in [3.63, 3.8) is 0 Å². The largest absolute Gasteiger partial charge is 0.376 e. The SMILES string of the molecule is O=C(c1ccccc1F)N(Cc1cnc(S(=O)(=O)Cc2ccccc2F)n1C[C@H]1CCCO1)C[C@H]1CCCO1. The Morgan fingerprint density at radius 3 is 2.31 bits per heavy atom. The molecule has 2 saturated heterocycles. The van der Waals surface area contributed by atoms with Crippen LogP contribution in [0, 0.1) is 11.6 Å². The van der Waals surface area contributed by atoms with Gasteiger partial charge >= 0.3 is 0 Å². The summed E-state index contributed by atoms with van der Waals surface area (Å²) >= 11 is 0. The van der Waals surface area contributed by atoms with E-state index in [9.17, 15) is 22.0 Å². The molecule has 2 aliphatic heterocycles. The van der Waals surface area contributed by atoms with Gasteiger partial charge in [0.25, 0.3) is 5.91 Å².